The first-order chi connectivity index (χ1) is 13.3. The zero-order valence-corrected chi connectivity index (χ0v) is 17.0. The van der Waals surface area contributed by atoms with E-state index < -0.39 is 0 Å². The van der Waals surface area contributed by atoms with Crippen molar-refractivity contribution in [1.82, 2.24) is 15.2 Å². The number of likely N-dealkylation sites (tertiary alicyclic amines) is 1. The Bertz CT molecular complexity index is 842. The van der Waals surface area contributed by atoms with Crippen LogP contribution in [0.15, 0.2) is 41.8 Å². The van der Waals surface area contributed by atoms with Crippen LogP contribution in [0.5, 0.6) is 0 Å². The van der Waals surface area contributed by atoms with E-state index in [1.807, 2.05) is 29.5 Å². The molecule has 4 nitrogen and oxygen atoms in total. The maximum Gasteiger partial charge on any atom is 0.220 e. The number of amides is 1. The second-order valence-corrected chi connectivity index (χ2v) is 9.35. The molecule has 6 heteroatoms. The molecule has 1 unspecified atom stereocenters. The summed E-state index contributed by atoms with van der Waals surface area (Å²) in [5, 5.41) is 6.34. The standard InChI is InChI=1S/C21H25N3OS2/c25-20(9-10-21-23-18-7-1-2-8-19(18)27-21)22-13-16-5-3-11-24(14-16)15-17-6-4-12-26-17/h1-2,4,6-8,12,16H,3,5,9-11,13-15H2,(H,22,25). The zero-order valence-electron chi connectivity index (χ0n) is 15.4. The molecule has 0 aliphatic carbocycles. The Kier molecular flexibility index (Phi) is 6.17. The normalized spacial score (nSPS) is 18.0. The van der Waals surface area contributed by atoms with E-state index in [4.69, 9.17) is 0 Å². The number of piperidine rings is 1. The van der Waals surface area contributed by atoms with Crippen LogP contribution >= 0.6 is 22.7 Å². The van der Waals surface area contributed by atoms with Gasteiger partial charge in [0, 0.05) is 37.4 Å². The molecule has 2 aromatic heterocycles. The number of thiophene rings is 1. The fraction of sp³-hybridized carbons (Fsp3) is 0.429. The van der Waals surface area contributed by atoms with Crippen LogP contribution in [0.4, 0.5) is 0 Å². The molecule has 1 atom stereocenters. The van der Waals surface area contributed by atoms with E-state index in [1.165, 1.54) is 29.0 Å². The van der Waals surface area contributed by atoms with Crippen molar-refractivity contribution in [3.8, 4) is 0 Å². The van der Waals surface area contributed by atoms with E-state index in [-0.39, 0.29) is 5.91 Å². The highest BCUT2D eigenvalue weighted by molar-refractivity contribution is 7.18. The predicted octanol–water partition coefficient (Wildman–Crippen LogP) is 4.32. The quantitative estimate of drug-likeness (QED) is 0.644. The Balaban J connectivity index is 1.20. The first-order valence-corrected chi connectivity index (χ1v) is 11.3. The summed E-state index contributed by atoms with van der Waals surface area (Å²) >= 11 is 3.52. The van der Waals surface area contributed by atoms with Crippen LogP contribution in [0.1, 0.15) is 29.1 Å². The second-order valence-electron chi connectivity index (χ2n) is 7.20. The predicted molar refractivity (Wildman–Crippen MR) is 113 cm³/mol. The van der Waals surface area contributed by atoms with Gasteiger partial charge < -0.3 is 5.32 Å². The lowest BCUT2D eigenvalue weighted by molar-refractivity contribution is -0.121. The molecule has 0 bridgehead atoms. The number of hydrogen-bond acceptors (Lipinski definition) is 5. The molecular weight excluding hydrogens is 374 g/mol. The Morgan fingerprint density at radius 1 is 1.26 bits per heavy atom. The molecule has 4 rings (SSSR count). The van der Waals surface area contributed by atoms with Crippen molar-refractivity contribution in [1.29, 1.82) is 0 Å². The van der Waals surface area contributed by atoms with E-state index in [0.29, 0.717) is 12.3 Å². The molecule has 1 aromatic carbocycles. The van der Waals surface area contributed by atoms with Gasteiger partial charge in [-0.1, -0.05) is 18.2 Å². The molecule has 0 spiro atoms. The molecule has 0 saturated carbocycles. The average molecular weight is 400 g/mol. The highest BCUT2D eigenvalue weighted by atomic mass is 32.1. The number of nitrogens with one attached hydrogen (secondary N) is 1. The molecule has 142 valence electrons. The molecule has 3 heterocycles. The van der Waals surface area contributed by atoms with Crippen LogP contribution in [0.2, 0.25) is 0 Å². The smallest absolute Gasteiger partial charge is 0.220 e. The highest BCUT2D eigenvalue weighted by Crippen LogP contribution is 2.23. The zero-order chi connectivity index (χ0) is 18.5. The third kappa shape index (κ3) is 5.15. The molecule has 27 heavy (non-hydrogen) atoms. The molecule has 1 amide bonds. The number of thiazole rings is 1. The lowest BCUT2D eigenvalue weighted by Gasteiger charge is -2.32. The number of hydrogen-bond donors (Lipinski definition) is 1. The molecule has 0 radical (unpaired) electrons. The fourth-order valence-corrected chi connectivity index (χ4v) is 5.39. The molecule has 1 N–H and O–H groups in total. The lowest BCUT2D eigenvalue weighted by Crippen LogP contribution is -2.40. The number of aryl methyl sites for hydroxylation is 1. The summed E-state index contributed by atoms with van der Waals surface area (Å²) in [6, 6.07) is 12.5. The van der Waals surface area contributed by atoms with Crippen molar-refractivity contribution >= 4 is 38.8 Å². The third-order valence-electron chi connectivity index (χ3n) is 5.05. The van der Waals surface area contributed by atoms with Gasteiger partial charge in [-0.3, -0.25) is 9.69 Å². The van der Waals surface area contributed by atoms with Crippen LogP contribution < -0.4 is 5.32 Å². The van der Waals surface area contributed by atoms with Gasteiger partial charge in [0.05, 0.1) is 15.2 Å². The summed E-state index contributed by atoms with van der Waals surface area (Å²) in [6.07, 6.45) is 3.67. The summed E-state index contributed by atoms with van der Waals surface area (Å²) < 4.78 is 1.20. The van der Waals surface area contributed by atoms with Gasteiger partial charge in [-0.05, 0) is 48.9 Å². The number of para-hydroxylation sites is 1. The van der Waals surface area contributed by atoms with Gasteiger partial charge in [0.15, 0.2) is 0 Å². The maximum atomic E-state index is 12.3. The van der Waals surface area contributed by atoms with Gasteiger partial charge in [-0.2, -0.15) is 0 Å². The van der Waals surface area contributed by atoms with E-state index in [0.717, 1.165) is 36.6 Å². The van der Waals surface area contributed by atoms with Crippen molar-refractivity contribution in [2.45, 2.75) is 32.2 Å². The minimum atomic E-state index is 0.143. The van der Waals surface area contributed by atoms with Crippen LogP contribution in [0.25, 0.3) is 10.2 Å². The molecule has 1 aliphatic rings. The van der Waals surface area contributed by atoms with Gasteiger partial charge >= 0.3 is 0 Å². The minimum Gasteiger partial charge on any atom is -0.356 e. The fourth-order valence-electron chi connectivity index (χ4n) is 3.68. The first kappa shape index (κ1) is 18.6. The summed E-state index contributed by atoms with van der Waals surface area (Å²) in [4.78, 5) is 20.8. The number of benzene rings is 1. The molecule has 1 saturated heterocycles. The summed E-state index contributed by atoms with van der Waals surface area (Å²) in [6.45, 7) is 4.08. The number of aromatic nitrogens is 1. The summed E-state index contributed by atoms with van der Waals surface area (Å²) in [5.74, 6) is 0.703. The number of carbonyl (C=O) groups excluding carboxylic acids is 1. The Labute approximate surface area is 168 Å². The topological polar surface area (TPSA) is 45.2 Å². The van der Waals surface area contributed by atoms with Gasteiger partial charge in [-0.25, -0.2) is 4.98 Å². The number of rotatable bonds is 7. The minimum absolute atomic E-state index is 0.143. The van der Waals surface area contributed by atoms with Crippen molar-refractivity contribution in [2.24, 2.45) is 5.92 Å². The third-order valence-corrected chi connectivity index (χ3v) is 7.01. The van der Waals surface area contributed by atoms with Gasteiger partial charge in [0.25, 0.3) is 0 Å². The van der Waals surface area contributed by atoms with Crippen molar-refractivity contribution in [3.63, 3.8) is 0 Å². The summed E-state index contributed by atoms with van der Waals surface area (Å²) in [7, 11) is 0. The van der Waals surface area contributed by atoms with E-state index in [2.05, 4.69) is 38.8 Å². The van der Waals surface area contributed by atoms with Gasteiger partial charge in [0.2, 0.25) is 5.91 Å². The molecule has 3 aromatic rings. The Morgan fingerprint density at radius 2 is 2.19 bits per heavy atom. The number of carbonyl (C=O) groups is 1. The second kappa shape index (κ2) is 8.95. The summed E-state index contributed by atoms with van der Waals surface area (Å²) in [5.41, 5.74) is 1.03. The Morgan fingerprint density at radius 3 is 3.04 bits per heavy atom. The number of fused-ring (bicyclic) bond motifs is 1. The average Bonchev–Trinajstić information content (AvgIpc) is 3.34. The molecular formula is C21H25N3OS2. The van der Waals surface area contributed by atoms with E-state index >= 15 is 0 Å². The maximum absolute atomic E-state index is 12.3. The van der Waals surface area contributed by atoms with Crippen LogP contribution in [0, 0.1) is 5.92 Å². The SMILES string of the molecule is O=C(CCc1nc2ccccc2s1)NCC1CCCN(Cc2cccs2)C1. The molecule has 1 aliphatic heterocycles. The van der Waals surface area contributed by atoms with Crippen molar-refractivity contribution in [3.05, 3.63) is 51.7 Å². The van der Waals surface area contributed by atoms with Crippen LogP contribution in [-0.2, 0) is 17.8 Å². The highest BCUT2D eigenvalue weighted by Gasteiger charge is 2.20. The van der Waals surface area contributed by atoms with Crippen LogP contribution in [-0.4, -0.2) is 35.4 Å². The van der Waals surface area contributed by atoms with Crippen molar-refractivity contribution in [2.75, 3.05) is 19.6 Å². The number of nitrogens with zero attached hydrogens (tertiary/aromatic N) is 2. The van der Waals surface area contributed by atoms with E-state index in [1.54, 1.807) is 11.3 Å². The van der Waals surface area contributed by atoms with Crippen LogP contribution in [0.3, 0.4) is 0 Å². The Hall–Kier alpha value is -1.76. The van der Waals surface area contributed by atoms with Crippen molar-refractivity contribution < 1.29 is 4.79 Å². The van der Waals surface area contributed by atoms with Gasteiger partial charge in [-0.15, -0.1) is 22.7 Å². The monoisotopic (exact) mass is 399 g/mol. The lowest BCUT2D eigenvalue weighted by atomic mass is 9.98. The van der Waals surface area contributed by atoms with E-state index in [9.17, 15) is 4.79 Å². The first-order valence-electron chi connectivity index (χ1n) is 9.62. The molecule has 1 fully saturated rings. The largest absolute Gasteiger partial charge is 0.356 e. The van der Waals surface area contributed by atoms with Gasteiger partial charge in [0.1, 0.15) is 0 Å².